The Balaban J connectivity index is 0.00000144. The first-order valence-electron chi connectivity index (χ1n) is 6.23. The van der Waals surface area contributed by atoms with Gasteiger partial charge in [0.1, 0.15) is 0 Å². The van der Waals surface area contributed by atoms with Crippen LogP contribution < -0.4 is 5.32 Å². The Hall–Kier alpha value is -0.570. The van der Waals surface area contributed by atoms with Gasteiger partial charge in [-0.05, 0) is 31.5 Å². The first kappa shape index (κ1) is 14.5. The van der Waals surface area contributed by atoms with Crippen molar-refractivity contribution in [2.24, 2.45) is 5.92 Å². The molecule has 1 aliphatic rings. The van der Waals surface area contributed by atoms with Crippen molar-refractivity contribution in [3.05, 3.63) is 35.9 Å². The SMILES string of the molecule is CN[C@H]1CN(Cc2ccccc2)CC[C@@H]1C.Cl. The van der Waals surface area contributed by atoms with E-state index in [0.717, 1.165) is 12.5 Å². The number of halogens is 1. The normalized spacial score (nSPS) is 25.3. The van der Waals surface area contributed by atoms with E-state index in [4.69, 9.17) is 0 Å². The molecule has 17 heavy (non-hydrogen) atoms. The first-order valence-corrected chi connectivity index (χ1v) is 6.23. The molecule has 1 saturated heterocycles. The molecule has 2 nitrogen and oxygen atoms in total. The van der Waals surface area contributed by atoms with Crippen LogP contribution in [0.3, 0.4) is 0 Å². The topological polar surface area (TPSA) is 15.3 Å². The van der Waals surface area contributed by atoms with E-state index in [2.05, 4.69) is 54.5 Å². The van der Waals surface area contributed by atoms with Gasteiger partial charge >= 0.3 is 0 Å². The molecule has 1 aromatic carbocycles. The van der Waals surface area contributed by atoms with Gasteiger partial charge in [-0.2, -0.15) is 0 Å². The number of likely N-dealkylation sites (tertiary alicyclic amines) is 1. The second kappa shape index (κ2) is 7.00. The fourth-order valence-electron chi connectivity index (χ4n) is 2.50. The summed E-state index contributed by atoms with van der Waals surface area (Å²) in [6.07, 6.45) is 1.30. The summed E-state index contributed by atoms with van der Waals surface area (Å²) in [6.45, 7) is 5.84. The Kier molecular flexibility index (Phi) is 5.96. The summed E-state index contributed by atoms with van der Waals surface area (Å²) in [5, 5.41) is 3.43. The van der Waals surface area contributed by atoms with Crippen molar-refractivity contribution >= 4 is 12.4 Å². The highest BCUT2D eigenvalue weighted by atomic mass is 35.5. The fraction of sp³-hybridized carbons (Fsp3) is 0.571. The van der Waals surface area contributed by atoms with Gasteiger partial charge in [-0.15, -0.1) is 12.4 Å². The molecule has 0 amide bonds. The molecule has 0 unspecified atom stereocenters. The lowest BCUT2D eigenvalue weighted by Gasteiger charge is -2.37. The van der Waals surface area contributed by atoms with E-state index in [0.29, 0.717) is 6.04 Å². The molecule has 0 spiro atoms. The third kappa shape index (κ3) is 3.98. The molecule has 1 aliphatic heterocycles. The first-order chi connectivity index (χ1) is 7.79. The molecule has 0 saturated carbocycles. The van der Waals surface area contributed by atoms with Crippen LogP contribution in [-0.4, -0.2) is 31.1 Å². The minimum absolute atomic E-state index is 0. The van der Waals surface area contributed by atoms with Crippen LogP contribution in [0.15, 0.2) is 30.3 Å². The smallest absolute Gasteiger partial charge is 0.0234 e. The summed E-state index contributed by atoms with van der Waals surface area (Å²) in [4.78, 5) is 2.55. The van der Waals surface area contributed by atoms with Crippen LogP contribution in [0.2, 0.25) is 0 Å². The van der Waals surface area contributed by atoms with E-state index >= 15 is 0 Å². The van der Waals surface area contributed by atoms with Gasteiger partial charge in [0, 0.05) is 19.1 Å². The second-order valence-electron chi connectivity index (χ2n) is 4.88. The van der Waals surface area contributed by atoms with Crippen LogP contribution >= 0.6 is 12.4 Å². The third-order valence-electron chi connectivity index (χ3n) is 3.66. The zero-order valence-corrected chi connectivity index (χ0v) is 11.5. The molecule has 0 aliphatic carbocycles. The molecule has 2 rings (SSSR count). The number of piperidine rings is 1. The maximum atomic E-state index is 3.43. The molecule has 3 heteroatoms. The summed E-state index contributed by atoms with van der Waals surface area (Å²) >= 11 is 0. The van der Waals surface area contributed by atoms with Gasteiger partial charge in [-0.25, -0.2) is 0 Å². The zero-order valence-electron chi connectivity index (χ0n) is 10.7. The van der Waals surface area contributed by atoms with Crippen LogP contribution in [0.25, 0.3) is 0 Å². The van der Waals surface area contributed by atoms with Crippen LogP contribution in [0.4, 0.5) is 0 Å². The van der Waals surface area contributed by atoms with Crippen molar-refractivity contribution < 1.29 is 0 Å². The van der Waals surface area contributed by atoms with E-state index in [-0.39, 0.29) is 12.4 Å². The Bertz CT molecular complexity index is 315. The summed E-state index contributed by atoms with van der Waals surface area (Å²) in [6, 6.07) is 11.4. The summed E-state index contributed by atoms with van der Waals surface area (Å²) < 4.78 is 0. The molecule has 1 aromatic rings. The average molecular weight is 255 g/mol. The van der Waals surface area contributed by atoms with Crippen molar-refractivity contribution in [3.63, 3.8) is 0 Å². The van der Waals surface area contributed by atoms with Gasteiger partial charge in [0.15, 0.2) is 0 Å². The Morgan fingerprint density at radius 1 is 1.29 bits per heavy atom. The number of rotatable bonds is 3. The lowest BCUT2D eigenvalue weighted by molar-refractivity contribution is 0.147. The molecule has 0 aromatic heterocycles. The average Bonchev–Trinajstić information content (AvgIpc) is 2.33. The van der Waals surface area contributed by atoms with Gasteiger partial charge in [-0.1, -0.05) is 37.3 Å². The maximum absolute atomic E-state index is 3.43. The highest BCUT2D eigenvalue weighted by molar-refractivity contribution is 5.85. The van der Waals surface area contributed by atoms with Crippen LogP contribution in [0.5, 0.6) is 0 Å². The predicted octanol–water partition coefficient (Wildman–Crippen LogP) is 2.54. The number of benzene rings is 1. The van der Waals surface area contributed by atoms with Crippen LogP contribution in [0, 0.1) is 5.92 Å². The zero-order chi connectivity index (χ0) is 11.4. The van der Waals surface area contributed by atoms with Crippen molar-refractivity contribution in [1.82, 2.24) is 10.2 Å². The van der Waals surface area contributed by atoms with E-state index in [1.165, 1.54) is 25.1 Å². The van der Waals surface area contributed by atoms with E-state index < -0.39 is 0 Å². The van der Waals surface area contributed by atoms with Crippen molar-refractivity contribution in [2.45, 2.75) is 25.9 Å². The van der Waals surface area contributed by atoms with Crippen LogP contribution in [-0.2, 0) is 6.54 Å². The van der Waals surface area contributed by atoms with E-state index in [1.807, 2.05) is 0 Å². The van der Waals surface area contributed by atoms with E-state index in [9.17, 15) is 0 Å². The van der Waals surface area contributed by atoms with Gasteiger partial charge < -0.3 is 5.32 Å². The summed E-state index contributed by atoms with van der Waals surface area (Å²) in [5.74, 6) is 0.803. The van der Waals surface area contributed by atoms with Gasteiger partial charge in [0.2, 0.25) is 0 Å². The summed E-state index contributed by atoms with van der Waals surface area (Å²) in [5.41, 5.74) is 1.42. The van der Waals surface area contributed by atoms with Crippen molar-refractivity contribution in [1.29, 1.82) is 0 Å². The monoisotopic (exact) mass is 254 g/mol. The Morgan fingerprint density at radius 2 is 2.00 bits per heavy atom. The molecular formula is C14H23ClN2. The third-order valence-corrected chi connectivity index (χ3v) is 3.66. The Labute approximate surface area is 111 Å². The minimum Gasteiger partial charge on any atom is -0.315 e. The van der Waals surface area contributed by atoms with Gasteiger partial charge in [-0.3, -0.25) is 4.90 Å². The quantitative estimate of drug-likeness (QED) is 0.892. The fourth-order valence-corrected chi connectivity index (χ4v) is 2.50. The molecule has 1 heterocycles. The van der Waals surface area contributed by atoms with Gasteiger partial charge in [0.25, 0.3) is 0 Å². The number of hydrogen-bond donors (Lipinski definition) is 1. The standard InChI is InChI=1S/C14H22N2.ClH/c1-12-8-9-16(11-14(12)15-2)10-13-6-4-3-5-7-13;/h3-7,12,14-15H,8-11H2,1-2H3;1H/t12-,14-;/m0./s1. The molecule has 96 valence electrons. The molecule has 0 radical (unpaired) electrons. The molecule has 1 fully saturated rings. The highest BCUT2D eigenvalue weighted by Crippen LogP contribution is 2.18. The number of likely N-dealkylation sites (N-methyl/N-ethyl adjacent to an activating group) is 1. The molecule has 2 atom stereocenters. The molecule has 1 N–H and O–H groups in total. The van der Waals surface area contributed by atoms with Gasteiger partial charge in [0.05, 0.1) is 0 Å². The second-order valence-corrected chi connectivity index (χ2v) is 4.88. The number of nitrogens with one attached hydrogen (secondary N) is 1. The summed E-state index contributed by atoms with van der Waals surface area (Å²) in [7, 11) is 2.08. The Morgan fingerprint density at radius 3 is 2.65 bits per heavy atom. The van der Waals surface area contributed by atoms with Crippen molar-refractivity contribution in [2.75, 3.05) is 20.1 Å². The molecular weight excluding hydrogens is 232 g/mol. The number of hydrogen-bond acceptors (Lipinski definition) is 2. The van der Waals surface area contributed by atoms with Crippen molar-refractivity contribution in [3.8, 4) is 0 Å². The molecule has 0 bridgehead atoms. The minimum atomic E-state index is 0. The highest BCUT2D eigenvalue weighted by Gasteiger charge is 2.24. The number of nitrogens with zero attached hydrogens (tertiary/aromatic N) is 1. The maximum Gasteiger partial charge on any atom is 0.0234 e. The lowest BCUT2D eigenvalue weighted by atomic mass is 9.93. The predicted molar refractivity (Wildman–Crippen MR) is 75.6 cm³/mol. The largest absolute Gasteiger partial charge is 0.315 e. The van der Waals surface area contributed by atoms with Crippen LogP contribution in [0.1, 0.15) is 18.9 Å². The lowest BCUT2D eigenvalue weighted by Crippen LogP contribution is -2.48. The van der Waals surface area contributed by atoms with E-state index in [1.54, 1.807) is 0 Å².